The second kappa shape index (κ2) is 4.73. The Hall–Kier alpha value is -0.960. The van der Waals surface area contributed by atoms with Crippen LogP contribution >= 0.6 is 0 Å². The monoisotopic (exact) mass is 278 g/mol. The predicted octanol–water partition coefficient (Wildman–Crippen LogP) is 3.98. The van der Waals surface area contributed by atoms with Gasteiger partial charge in [-0.25, -0.2) is 22.0 Å². The van der Waals surface area contributed by atoms with Crippen molar-refractivity contribution in [2.45, 2.75) is 30.4 Å². The minimum Gasteiger partial charge on any atom is -0.231 e. The smallest absolute Gasteiger partial charge is 0.231 e. The van der Waals surface area contributed by atoms with Crippen LogP contribution in [0.2, 0.25) is 0 Å². The van der Waals surface area contributed by atoms with Gasteiger partial charge in [0.1, 0.15) is 0 Å². The van der Waals surface area contributed by atoms with Crippen LogP contribution in [-0.4, -0.2) is 30.4 Å². The first-order valence-corrected chi connectivity index (χ1v) is 3.74. The van der Waals surface area contributed by atoms with Crippen molar-refractivity contribution in [2.75, 3.05) is 0 Å². The van der Waals surface area contributed by atoms with Gasteiger partial charge in [-0.1, -0.05) is 0 Å². The van der Waals surface area contributed by atoms with E-state index in [1.165, 1.54) is 0 Å². The first-order chi connectivity index (χ1) is 7.41. The summed E-state index contributed by atoms with van der Waals surface area (Å²) in [6, 6.07) is 0. The van der Waals surface area contributed by atoms with Gasteiger partial charge in [0.05, 0.1) is 6.33 Å². The molecule has 0 aromatic heterocycles. The van der Waals surface area contributed by atoms with E-state index in [0.29, 0.717) is 0 Å². The van der Waals surface area contributed by atoms with Crippen molar-refractivity contribution in [1.29, 1.82) is 0 Å². The van der Waals surface area contributed by atoms with E-state index in [4.69, 9.17) is 0 Å². The van der Waals surface area contributed by atoms with E-state index in [0.717, 1.165) is 0 Å². The first-order valence-electron chi connectivity index (χ1n) is 3.74. The maximum Gasteiger partial charge on any atom is 0.425 e. The van der Waals surface area contributed by atoms with Gasteiger partial charge in [-0.15, -0.1) is 0 Å². The molecule has 0 nitrogen and oxygen atoms in total. The minimum atomic E-state index is -6.26. The molecular formula is C7H4F10. The van der Waals surface area contributed by atoms with Crippen LogP contribution in [0, 0.1) is 0 Å². The van der Waals surface area contributed by atoms with Gasteiger partial charge in [0, 0.05) is 0 Å². The van der Waals surface area contributed by atoms with Crippen LogP contribution in [0.5, 0.6) is 0 Å². The third-order valence-corrected chi connectivity index (χ3v) is 1.74. The lowest BCUT2D eigenvalue weighted by atomic mass is 9.94. The highest BCUT2D eigenvalue weighted by Crippen LogP contribution is 2.47. The maximum atomic E-state index is 12.9. The third-order valence-electron chi connectivity index (χ3n) is 1.74. The number of alkyl halides is 9. The summed E-state index contributed by atoms with van der Waals surface area (Å²) in [5.41, 5.74) is -5.39. The van der Waals surface area contributed by atoms with Crippen molar-refractivity contribution in [3.63, 3.8) is 0 Å². The van der Waals surface area contributed by atoms with Crippen LogP contribution in [0.25, 0.3) is 0 Å². The highest BCUT2D eigenvalue weighted by atomic mass is 19.4. The summed E-state index contributed by atoms with van der Waals surface area (Å²) in [5, 5.41) is 0. The molecule has 102 valence electrons. The number of rotatable bonds is 4. The van der Waals surface area contributed by atoms with Crippen LogP contribution < -0.4 is 0 Å². The molecule has 0 saturated heterocycles. The molecule has 0 radical (unpaired) electrons. The Morgan fingerprint density at radius 1 is 0.824 bits per heavy atom. The summed E-state index contributed by atoms with van der Waals surface area (Å²) >= 11 is 0. The Balaban J connectivity index is 5.53. The van der Waals surface area contributed by atoms with Gasteiger partial charge in [-0.3, -0.25) is 0 Å². The molecule has 0 aliphatic heterocycles. The molecule has 0 saturated carbocycles. The summed E-state index contributed by atoms with van der Waals surface area (Å²) in [4.78, 5) is 0. The van der Waals surface area contributed by atoms with Gasteiger partial charge >= 0.3 is 12.1 Å². The van der Waals surface area contributed by atoms with Crippen molar-refractivity contribution >= 4 is 0 Å². The lowest BCUT2D eigenvalue weighted by Gasteiger charge is -2.32. The van der Waals surface area contributed by atoms with E-state index < -0.39 is 42.8 Å². The maximum absolute atomic E-state index is 12.9. The molecule has 0 aromatic rings. The van der Waals surface area contributed by atoms with Crippen LogP contribution in [0.15, 0.2) is 12.4 Å². The molecule has 2 unspecified atom stereocenters. The molecule has 0 bridgehead atoms. The van der Waals surface area contributed by atoms with Crippen LogP contribution in [-0.2, 0) is 0 Å². The third kappa shape index (κ3) is 2.83. The zero-order valence-corrected chi connectivity index (χ0v) is 7.59. The second-order valence-corrected chi connectivity index (χ2v) is 2.89. The van der Waals surface area contributed by atoms with Crippen molar-refractivity contribution in [2.24, 2.45) is 0 Å². The Bertz CT molecular complexity index is 279. The standard InChI is InChI=1S/C7H4F10/c8-2-1-5(12,4(10)11)6(13,14)3(9)7(15,16)17/h1-4H. The van der Waals surface area contributed by atoms with E-state index in [1.54, 1.807) is 0 Å². The molecule has 0 aliphatic rings. The van der Waals surface area contributed by atoms with Crippen molar-refractivity contribution in [3.8, 4) is 0 Å². The van der Waals surface area contributed by atoms with E-state index in [1.807, 2.05) is 0 Å². The summed E-state index contributed by atoms with van der Waals surface area (Å²) in [7, 11) is 0. The highest BCUT2D eigenvalue weighted by molar-refractivity contribution is 5.13. The molecular weight excluding hydrogens is 274 g/mol. The van der Waals surface area contributed by atoms with Crippen LogP contribution in [0.3, 0.4) is 0 Å². The molecule has 0 rings (SSSR count). The summed E-state index contributed by atoms with van der Waals surface area (Å²) in [6.07, 6.45) is -18.5. The molecule has 0 aliphatic carbocycles. The summed E-state index contributed by atoms with van der Waals surface area (Å²) < 4.78 is 120. The largest absolute Gasteiger partial charge is 0.425 e. The topological polar surface area (TPSA) is 0 Å². The first kappa shape index (κ1) is 16.0. The summed E-state index contributed by atoms with van der Waals surface area (Å²) in [6.45, 7) is 0. The lowest BCUT2D eigenvalue weighted by Crippen LogP contribution is -2.58. The number of hydrogen-bond acceptors (Lipinski definition) is 0. The van der Waals surface area contributed by atoms with E-state index in [-0.39, 0.29) is 0 Å². The Labute approximate surface area is 87.9 Å². The van der Waals surface area contributed by atoms with E-state index in [2.05, 4.69) is 0 Å². The van der Waals surface area contributed by atoms with Gasteiger partial charge in [0.25, 0.3) is 18.3 Å². The van der Waals surface area contributed by atoms with E-state index in [9.17, 15) is 43.9 Å². The van der Waals surface area contributed by atoms with Crippen molar-refractivity contribution in [3.05, 3.63) is 12.4 Å². The van der Waals surface area contributed by atoms with Gasteiger partial charge in [0.2, 0.25) is 0 Å². The normalized spacial score (nSPS) is 19.7. The average Bonchev–Trinajstić information content (AvgIpc) is 2.14. The lowest BCUT2D eigenvalue weighted by molar-refractivity contribution is -0.286. The molecule has 0 heterocycles. The Morgan fingerprint density at radius 2 is 1.24 bits per heavy atom. The van der Waals surface area contributed by atoms with Crippen molar-refractivity contribution in [1.82, 2.24) is 0 Å². The molecule has 17 heavy (non-hydrogen) atoms. The zero-order valence-electron chi connectivity index (χ0n) is 7.59. The fourth-order valence-electron chi connectivity index (χ4n) is 0.821. The van der Waals surface area contributed by atoms with Crippen LogP contribution in [0.1, 0.15) is 0 Å². The predicted molar refractivity (Wildman–Crippen MR) is 36.0 cm³/mol. The quantitative estimate of drug-likeness (QED) is 0.682. The molecule has 0 amide bonds. The molecule has 0 fully saturated rings. The van der Waals surface area contributed by atoms with Crippen LogP contribution in [0.4, 0.5) is 43.9 Å². The number of hydrogen-bond donors (Lipinski definition) is 0. The van der Waals surface area contributed by atoms with Gasteiger partial charge in [-0.2, -0.15) is 22.0 Å². The fourth-order valence-corrected chi connectivity index (χ4v) is 0.821. The molecule has 2 atom stereocenters. The van der Waals surface area contributed by atoms with Gasteiger partial charge in [-0.05, 0) is 6.08 Å². The molecule has 10 heteroatoms. The van der Waals surface area contributed by atoms with E-state index >= 15 is 0 Å². The minimum absolute atomic E-state index is 1.15. The Morgan fingerprint density at radius 3 is 1.47 bits per heavy atom. The second-order valence-electron chi connectivity index (χ2n) is 2.89. The number of allylic oxidation sites excluding steroid dienone is 1. The zero-order chi connectivity index (χ0) is 14.1. The molecule has 0 spiro atoms. The SMILES string of the molecule is FC=CC(F)(C(F)F)C(F)(F)C(F)C(F)(F)F. The highest BCUT2D eigenvalue weighted by Gasteiger charge is 2.71. The van der Waals surface area contributed by atoms with Crippen molar-refractivity contribution < 1.29 is 43.9 Å². The van der Waals surface area contributed by atoms with Gasteiger partial charge < -0.3 is 0 Å². The Kier molecular flexibility index (Phi) is 4.46. The average molecular weight is 278 g/mol. The van der Waals surface area contributed by atoms with Gasteiger partial charge in [0.15, 0.2) is 0 Å². The fraction of sp³-hybridized carbons (Fsp3) is 0.714. The number of halogens is 10. The molecule has 0 aromatic carbocycles. The summed E-state index contributed by atoms with van der Waals surface area (Å²) in [5.74, 6) is -6.16. The molecule has 0 N–H and O–H groups in total.